The van der Waals surface area contributed by atoms with Gasteiger partial charge in [0.2, 0.25) is 10.0 Å². The predicted molar refractivity (Wildman–Crippen MR) is 82.7 cm³/mol. The molecule has 0 aliphatic rings. The highest BCUT2D eigenvalue weighted by atomic mass is 35.5. The molecule has 0 saturated carbocycles. The fourth-order valence-electron chi connectivity index (χ4n) is 1.83. The number of hydrogen-bond acceptors (Lipinski definition) is 4. The molecule has 11 heteroatoms. The van der Waals surface area contributed by atoms with Crippen LogP contribution in [0.5, 0.6) is 0 Å². The molecule has 0 bridgehead atoms. The second kappa shape index (κ2) is 7.46. The van der Waals surface area contributed by atoms with E-state index in [-0.39, 0.29) is 18.8 Å². The van der Waals surface area contributed by atoms with Gasteiger partial charge in [-0.1, -0.05) is 11.6 Å². The van der Waals surface area contributed by atoms with E-state index in [1.165, 1.54) is 18.4 Å². The second-order valence-electron chi connectivity index (χ2n) is 4.77. The third kappa shape index (κ3) is 4.97. The molecule has 6 nitrogen and oxygen atoms in total. The van der Waals surface area contributed by atoms with Crippen molar-refractivity contribution in [3.05, 3.63) is 52.9 Å². The molecule has 2 N–H and O–H groups in total. The summed E-state index contributed by atoms with van der Waals surface area (Å²) >= 11 is 5.45. The van der Waals surface area contributed by atoms with Crippen molar-refractivity contribution in [2.45, 2.75) is 11.1 Å². The summed E-state index contributed by atoms with van der Waals surface area (Å²) in [5.41, 5.74) is -1.25. The van der Waals surface area contributed by atoms with Gasteiger partial charge in [0.1, 0.15) is 0 Å². The molecule has 0 aliphatic carbocycles. The number of sulfonamides is 1. The van der Waals surface area contributed by atoms with Crippen LogP contribution in [0, 0.1) is 0 Å². The Balaban J connectivity index is 1.99. The van der Waals surface area contributed by atoms with E-state index in [4.69, 9.17) is 16.0 Å². The van der Waals surface area contributed by atoms with Crippen LogP contribution in [0.15, 0.2) is 45.9 Å². The van der Waals surface area contributed by atoms with E-state index >= 15 is 0 Å². The van der Waals surface area contributed by atoms with Crippen LogP contribution in [0.2, 0.25) is 5.02 Å². The van der Waals surface area contributed by atoms with E-state index < -0.39 is 37.6 Å². The first-order valence-electron chi connectivity index (χ1n) is 6.79. The highest BCUT2D eigenvalue weighted by Gasteiger charge is 2.34. The Morgan fingerprint density at radius 3 is 2.52 bits per heavy atom. The van der Waals surface area contributed by atoms with Crippen molar-refractivity contribution in [2.24, 2.45) is 0 Å². The predicted octanol–water partition coefficient (Wildman–Crippen LogP) is 2.66. The molecule has 0 atom stereocenters. The molecular formula is C14H12ClF3N2O4S. The van der Waals surface area contributed by atoms with Gasteiger partial charge in [0, 0.05) is 13.1 Å². The Hall–Kier alpha value is -2.04. The highest BCUT2D eigenvalue weighted by Crippen LogP contribution is 2.35. The molecule has 1 aromatic heterocycles. The second-order valence-corrected chi connectivity index (χ2v) is 6.94. The number of amides is 1. The lowest BCUT2D eigenvalue weighted by molar-refractivity contribution is -0.137. The first-order valence-corrected chi connectivity index (χ1v) is 8.65. The van der Waals surface area contributed by atoms with Gasteiger partial charge in [-0.15, -0.1) is 0 Å². The lowest BCUT2D eigenvalue weighted by atomic mass is 10.2. The Kier molecular flexibility index (Phi) is 5.76. The van der Waals surface area contributed by atoms with Gasteiger partial charge in [-0.3, -0.25) is 4.79 Å². The molecule has 0 saturated heterocycles. The number of alkyl halides is 3. The highest BCUT2D eigenvalue weighted by molar-refractivity contribution is 7.89. The number of benzene rings is 1. The number of hydrogen-bond donors (Lipinski definition) is 2. The van der Waals surface area contributed by atoms with E-state index in [0.29, 0.717) is 6.07 Å². The number of nitrogens with one attached hydrogen (secondary N) is 2. The average molecular weight is 397 g/mol. The van der Waals surface area contributed by atoms with E-state index in [1.54, 1.807) is 0 Å². The molecule has 0 radical (unpaired) electrons. The minimum absolute atomic E-state index is 0.0513. The summed E-state index contributed by atoms with van der Waals surface area (Å²) in [4.78, 5) is 11.0. The Labute approximate surface area is 146 Å². The van der Waals surface area contributed by atoms with Crippen molar-refractivity contribution in [1.82, 2.24) is 10.0 Å². The summed E-state index contributed by atoms with van der Waals surface area (Å²) in [5, 5.41) is 1.79. The van der Waals surface area contributed by atoms with Crippen LogP contribution in [-0.4, -0.2) is 27.4 Å². The zero-order valence-corrected chi connectivity index (χ0v) is 14.0. The van der Waals surface area contributed by atoms with Crippen LogP contribution < -0.4 is 10.0 Å². The maximum Gasteiger partial charge on any atom is 0.417 e. The van der Waals surface area contributed by atoms with Crippen molar-refractivity contribution in [1.29, 1.82) is 0 Å². The fourth-order valence-corrected chi connectivity index (χ4v) is 3.11. The van der Waals surface area contributed by atoms with Crippen LogP contribution in [0.3, 0.4) is 0 Å². The minimum atomic E-state index is -4.78. The van der Waals surface area contributed by atoms with E-state index in [1.807, 2.05) is 0 Å². The largest absolute Gasteiger partial charge is 0.459 e. The van der Waals surface area contributed by atoms with E-state index in [9.17, 15) is 26.4 Å². The molecule has 25 heavy (non-hydrogen) atoms. The summed E-state index contributed by atoms with van der Waals surface area (Å²) in [6, 6.07) is 5.20. The van der Waals surface area contributed by atoms with Crippen molar-refractivity contribution in [3.63, 3.8) is 0 Å². The maximum atomic E-state index is 12.8. The summed E-state index contributed by atoms with van der Waals surface area (Å²) in [6.07, 6.45) is -3.48. The van der Waals surface area contributed by atoms with Crippen LogP contribution in [0.4, 0.5) is 13.2 Å². The Morgan fingerprint density at radius 2 is 1.92 bits per heavy atom. The lowest BCUT2D eigenvalue weighted by Gasteiger charge is -2.12. The topological polar surface area (TPSA) is 88.4 Å². The molecule has 0 spiro atoms. The third-order valence-electron chi connectivity index (χ3n) is 3.00. The Bertz CT molecular complexity index is 851. The molecule has 1 heterocycles. The van der Waals surface area contributed by atoms with Crippen molar-refractivity contribution in [3.8, 4) is 0 Å². The quantitative estimate of drug-likeness (QED) is 0.735. The van der Waals surface area contributed by atoms with Gasteiger partial charge in [-0.05, 0) is 30.3 Å². The van der Waals surface area contributed by atoms with Crippen molar-refractivity contribution < 1.29 is 30.8 Å². The van der Waals surface area contributed by atoms with Gasteiger partial charge in [0.25, 0.3) is 5.91 Å². The fraction of sp³-hybridized carbons (Fsp3) is 0.214. The van der Waals surface area contributed by atoms with Crippen molar-refractivity contribution in [2.75, 3.05) is 13.1 Å². The first-order chi connectivity index (χ1) is 11.6. The average Bonchev–Trinajstić information content (AvgIpc) is 3.05. The molecule has 2 rings (SSSR count). The van der Waals surface area contributed by atoms with Crippen LogP contribution in [0.1, 0.15) is 16.1 Å². The van der Waals surface area contributed by atoms with Gasteiger partial charge in [0.05, 0.1) is 21.7 Å². The summed E-state index contributed by atoms with van der Waals surface area (Å²) < 4.78 is 69.4. The van der Waals surface area contributed by atoms with Gasteiger partial charge < -0.3 is 9.73 Å². The molecule has 1 aromatic carbocycles. The molecule has 1 amide bonds. The van der Waals surface area contributed by atoms with Crippen LogP contribution in [0.25, 0.3) is 0 Å². The number of carbonyl (C=O) groups is 1. The summed E-state index contributed by atoms with van der Waals surface area (Å²) in [5.74, 6) is -0.495. The standard InChI is InChI=1S/C14H12ClF3N2O4S/c15-11-4-3-9(8-10(11)14(16,17)18)25(22,23)20-6-5-19-13(21)12-2-1-7-24-12/h1-4,7-8,20H,5-6H2,(H,19,21). The van der Waals surface area contributed by atoms with Gasteiger partial charge >= 0.3 is 6.18 Å². The zero-order valence-electron chi connectivity index (χ0n) is 12.4. The molecule has 2 aromatic rings. The SMILES string of the molecule is O=C(NCCNS(=O)(=O)c1ccc(Cl)c(C(F)(F)F)c1)c1ccco1. The molecule has 0 fully saturated rings. The smallest absolute Gasteiger partial charge is 0.417 e. The van der Waals surface area contributed by atoms with Crippen LogP contribution >= 0.6 is 11.6 Å². The molecule has 0 aliphatic heterocycles. The van der Waals surface area contributed by atoms with Gasteiger partial charge in [-0.25, -0.2) is 13.1 Å². The number of rotatable bonds is 6. The zero-order chi connectivity index (χ0) is 18.7. The maximum absolute atomic E-state index is 12.8. The van der Waals surface area contributed by atoms with Gasteiger partial charge in [0.15, 0.2) is 5.76 Å². The number of furan rings is 1. The molecule has 0 unspecified atom stereocenters. The number of halogens is 4. The minimum Gasteiger partial charge on any atom is -0.459 e. The van der Waals surface area contributed by atoms with E-state index in [2.05, 4.69) is 10.0 Å². The third-order valence-corrected chi connectivity index (χ3v) is 4.79. The van der Waals surface area contributed by atoms with Gasteiger partial charge in [-0.2, -0.15) is 13.2 Å². The Morgan fingerprint density at radius 1 is 1.20 bits per heavy atom. The van der Waals surface area contributed by atoms with Crippen molar-refractivity contribution >= 4 is 27.5 Å². The first kappa shape index (κ1) is 19.3. The summed E-state index contributed by atoms with van der Waals surface area (Å²) in [7, 11) is -4.19. The van der Waals surface area contributed by atoms with Crippen LogP contribution in [-0.2, 0) is 16.2 Å². The normalized spacial score (nSPS) is 12.2. The molecule has 136 valence electrons. The number of carbonyl (C=O) groups excluding carboxylic acids is 1. The lowest BCUT2D eigenvalue weighted by Crippen LogP contribution is -2.34. The summed E-state index contributed by atoms with van der Waals surface area (Å²) in [6.45, 7) is -0.308. The monoisotopic (exact) mass is 396 g/mol. The van der Waals surface area contributed by atoms with E-state index in [0.717, 1.165) is 12.1 Å². The molecular weight excluding hydrogens is 385 g/mol.